The number of aliphatic hydroxyl groups excluding tert-OH is 1. The highest BCUT2D eigenvalue weighted by molar-refractivity contribution is 5.55. The second-order valence-electron chi connectivity index (χ2n) is 4.44. The summed E-state index contributed by atoms with van der Waals surface area (Å²) in [5, 5.41) is 20.7. The SMILES string of the molecule is N#Cc1cc(NCCCCCO)ccc1OCC(F)(F)F. The van der Waals surface area contributed by atoms with Gasteiger partial charge in [-0.05, 0) is 37.5 Å². The highest BCUT2D eigenvalue weighted by Gasteiger charge is 2.28. The number of nitrogens with zero attached hydrogens (tertiary/aromatic N) is 1. The van der Waals surface area contributed by atoms with Crippen molar-refractivity contribution in [1.82, 2.24) is 0 Å². The van der Waals surface area contributed by atoms with E-state index in [1.807, 2.05) is 6.07 Å². The monoisotopic (exact) mass is 302 g/mol. The van der Waals surface area contributed by atoms with Gasteiger partial charge in [0, 0.05) is 18.8 Å². The molecule has 0 unspecified atom stereocenters. The fraction of sp³-hybridized carbons (Fsp3) is 0.500. The molecule has 0 bridgehead atoms. The number of anilines is 1. The molecular weight excluding hydrogens is 285 g/mol. The summed E-state index contributed by atoms with van der Waals surface area (Å²) < 4.78 is 40.9. The van der Waals surface area contributed by atoms with Gasteiger partial charge in [0.1, 0.15) is 11.8 Å². The third-order valence-corrected chi connectivity index (χ3v) is 2.66. The quantitative estimate of drug-likeness (QED) is 0.724. The van der Waals surface area contributed by atoms with Crippen LogP contribution in [0.5, 0.6) is 5.75 Å². The van der Waals surface area contributed by atoms with E-state index in [1.165, 1.54) is 12.1 Å². The number of hydrogen-bond donors (Lipinski definition) is 2. The average Bonchev–Trinajstić information content (AvgIpc) is 2.44. The van der Waals surface area contributed by atoms with E-state index in [0.717, 1.165) is 19.3 Å². The van der Waals surface area contributed by atoms with Gasteiger partial charge in [-0.2, -0.15) is 18.4 Å². The minimum absolute atomic E-state index is 0.0552. The predicted molar refractivity (Wildman–Crippen MR) is 72.1 cm³/mol. The Labute approximate surface area is 121 Å². The smallest absolute Gasteiger partial charge is 0.422 e. The van der Waals surface area contributed by atoms with Gasteiger partial charge in [0.15, 0.2) is 6.61 Å². The molecule has 0 spiro atoms. The lowest BCUT2D eigenvalue weighted by atomic mass is 10.2. The number of nitriles is 1. The Hall–Kier alpha value is -1.94. The lowest BCUT2D eigenvalue weighted by Crippen LogP contribution is -2.19. The molecule has 0 amide bonds. The number of aliphatic hydroxyl groups is 1. The second-order valence-corrected chi connectivity index (χ2v) is 4.44. The molecule has 0 saturated heterocycles. The largest absolute Gasteiger partial charge is 0.483 e. The lowest BCUT2D eigenvalue weighted by Gasteiger charge is -2.12. The summed E-state index contributed by atoms with van der Waals surface area (Å²) >= 11 is 0. The third-order valence-electron chi connectivity index (χ3n) is 2.66. The molecule has 0 fully saturated rings. The summed E-state index contributed by atoms with van der Waals surface area (Å²) in [6.45, 7) is -0.604. The molecule has 116 valence electrons. The van der Waals surface area contributed by atoms with Gasteiger partial charge in [-0.15, -0.1) is 0 Å². The molecule has 0 heterocycles. The Bertz CT molecular complexity index is 484. The maximum atomic E-state index is 12.1. The maximum Gasteiger partial charge on any atom is 0.422 e. The first-order valence-electron chi connectivity index (χ1n) is 6.54. The van der Waals surface area contributed by atoms with E-state index in [1.54, 1.807) is 6.07 Å². The number of ether oxygens (including phenoxy) is 1. The zero-order chi connectivity index (χ0) is 15.7. The minimum Gasteiger partial charge on any atom is -0.483 e. The number of nitrogens with one attached hydrogen (secondary N) is 1. The predicted octanol–water partition coefficient (Wildman–Crippen LogP) is 3.07. The van der Waals surface area contributed by atoms with Crippen LogP contribution in [0.4, 0.5) is 18.9 Å². The normalized spacial score (nSPS) is 11.0. The van der Waals surface area contributed by atoms with Crippen molar-refractivity contribution >= 4 is 5.69 Å². The van der Waals surface area contributed by atoms with Crippen LogP contribution in [0.1, 0.15) is 24.8 Å². The standard InChI is InChI=1S/C14H17F3N2O2/c15-14(16,17)10-21-13-5-4-12(8-11(13)9-18)19-6-2-1-3-7-20/h4-5,8,19-20H,1-3,6-7,10H2. The molecule has 1 rings (SSSR count). The first-order chi connectivity index (χ1) is 9.96. The highest BCUT2D eigenvalue weighted by atomic mass is 19.4. The van der Waals surface area contributed by atoms with Crippen LogP contribution in [-0.2, 0) is 0 Å². The molecule has 0 radical (unpaired) electrons. The number of benzene rings is 1. The van der Waals surface area contributed by atoms with Gasteiger partial charge in [-0.25, -0.2) is 0 Å². The molecular formula is C14H17F3N2O2. The molecule has 0 aliphatic heterocycles. The van der Waals surface area contributed by atoms with Crippen molar-refractivity contribution in [3.63, 3.8) is 0 Å². The zero-order valence-corrected chi connectivity index (χ0v) is 11.4. The zero-order valence-electron chi connectivity index (χ0n) is 11.4. The topological polar surface area (TPSA) is 65.3 Å². The van der Waals surface area contributed by atoms with Crippen LogP contribution in [0.15, 0.2) is 18.2 Å². The average molecular weight is 302 g/mol. The molecule has 21 heavy (non-hydrogen) atoms. The molecule has 0 aromatic heterocycles. The van der Waals surface area contributed by atoms with Gasteiger partial charge in [-0.1, -0.05) is 0 Å². The van der Waals surface area contributed by atoms with Crippen LogP contribution >= 0.6 is 0 Å². The van der Waals surface area contributed by atoms with E-state index < -0.39 is 12.8 Å². The van der Waals surface area contributed by atoms with E-state index in [9.17, 15) is 13.2 Å². The third kappa shape index (κ3) is 6.86. The number of rotatable bonds is 8. The fourth-order valence-corrected chi connectivity index (χ4v) is 1.66. The molecule has 0 saturated carbocycles. The summed E-state index contributed by atoms with van der Waals surface area (Å²) in [6, 6.07) is 6.19. The second kappa shape index (κ2) is 8.37. The molecule has 0 aliphatic rings. The van der Waals surface area contributed by atoms with E-state index >= 15 is 0 Å². The Kier molecular flexibility index (Phi) is 6.82. The summed E-state index contributed by atoms with van der Waals surface area (Å²) in [5.41, 5.74) is 0.703. The Balaban J connectivity index is 2.56. The molecule has 0 aliphatic carbocycles. The highest BCUT2D eigenvalue weighted by Crippen LogP contribution is 2.24. The van der Waals surface area contributed by atoms with Gasteiger partial charge >= 0.3 is 6.18 Å². The van der Waals surface area contributed by atoms with E-state index in [-0.39, 0.29) is 17.9 Å². The van der Waals surface area contributed by atoms with Crippen LogP contribution in [-0.4, -0.2) is 31.0 Å². The van der Waals surface area contributed by atoms with Crippen LogP contribution in [0, 0.1) is 11.3 Å². The summed E-state index contributed by atoms with van der Waals surface area (Å²) in [4.78, 5) is 0. The van der Waals surface area contributed by atoms with Crippen molar-refractivity contribution in [2.45, 2.75) is 25.4 Å². The van der Waals surface area contributed by atoms with E-state index in [0.29, 0.717) is 12.2 Å². The number of hydrogen-bond acceptors (Lipinski definition) is 4. The summed E-state index contributed by atoms with van der Waals surface area (Å²) in [5.74, 6) is -0.0827. The molecule has 0 atom stereocenters. The van der Waals surface area contributed by atoms with Crippen LogP contribution in [0.25, 0.3) is 0 Å². The number of halogens is 3. The van der Waals surface area contributed by atoms with Gasteiger partial charge in [0.2, 0.25) is 0 Å². The number of alkyl halides is 3. The fourth-order valence-electron chi connectivity index (χ4n) is 1.66. The molecule has 2 N–H and O–H groups in total. The molecule has 1 aromatic carbocycles. The Morgan fingerprint density at radius 1 is 1.24 bits per heavy atom. The van der Waals surface area contributed by atoms with Crippen molar-refractivity contribution in [2.75, 3.05) is 25.1 Å². The lowest BCUT2D eigenvalue weighted by molar-refractivity contribution is -0.153. The van der Waals surface area contributed by atoms with Gasteiger partial charge in [0.05, 0.1) is 5.56 Å². The molecule has 4 nitrogen and oxygen atoms in total. The van der Waals surface area contributed by atoms with Crippen molar-refractivity contribution < 1.29 is 23.0 Å². The van der Waals surface area contributed by atoms with Crippen LogP contribution in [0.2, 0.25) is 0 Å². The van der Waals surface area contributed by atoms with Crippen molar-refractivity contribution in [3.8, 4) is 11.8 Å². The van der Waals surface area contributed by atoms with E-state index in [4.69, 9.17) is 10.4 Å². The number of unbranched alkanes of at least 4 members (excludes halogenated alkanes) is 2. The Morgan fingerprint density at radius 2 is 2.00 bits per heavy atom. The first kappa shape index (κ1) is 17.1. The van der Waals surface area contributed by atoms with Crippen molar-refractivity contribution in [1.29, 1.82) is 5.26 Å². The molecule has 1 aromatic rings. The van der Waals surface area contributed by atoms with Crippen molar-refractivity contribution in [3.05, 3.63) is 23.8 Å². The maximum absolute atomic E-state index is 12.1. The minimum atomic E-state index is -4.43. The van der Waals surface area contributed by atoms with Gasteiger partial charge in [-0.3, -0.25) is 0 Å². The summed E-state index contributed by atoms with van der Waals surface area (Å²) in [6.07, 6.45) is -1.97. The van der Waals surface area contributed by atoms with Gasteiger partial charge in [0.25, 0.3) is 0 Å². The van der Waals surface area contributed by atoms with Crippen LogP contribution in [0.3, 0.4) is 0 Å². The first-order valence-corrected chi connectivity index (χ1v) is 6.54. The van der Waals surface area contributed by atoms with E-state index in [2.05, 4.69) is 10.1 Å². The van der Waals surface area contributed by atoms with Crippen LogP contribution < -0.4 is 10.1 Å². The van der Waals surface area contributed by atoms with Gasteiger partial charge < -0.3 is 15.2 Å². The molecule has 7 heteroatoms. The van der Waals surface area contributed by atoms with Crippen molar-refractivity contribution in [2.24, 2.45) is 0 Å². The Morgan fingerprint density at radius 3 is 2.62 bits per heavy atom. The summed E-state index contributed by atoms with van der Waals surface area (Å²) in [7, 11) is 0.